The summed E-state index contributed by atoms with van der Waals surface area (Å²) in [5.41, 5.74) is 0. The number of guanidine groups is 1. The fourth-order valence-electron chi connectivity index (χ4n) is 5.72. The van der Waals surface area contributed by atoms with E-state index in [4.69, 9.17) is 0 Å². The van der Waals surface area contributed by atoms with Crippen molar-refractivity contribution in [2.45, 2.75) is 44.9 Å². The van der Waals surface area contributed by atoms with Crippen LogP contribution >= 0.6 is 24.0 Å². The molecule has 3 fully saturated rings. The molecule has 174 valence electrons. The Bertz CT molecular complexity index is 659. The fraction of sp³-hybridized carbons (Fsp3) is 0.783. The van der Waals surface area contributed by atoms with Gasteiger partial charge in [-0.1, -0.05) is 25.0 Å². The van der Waals surface area contributed by atoms with Crippen molar-refractivity contribution in [2.75, 3.05) is 46.3 Å². The monoisotopic (exact) mass is 543 g/mol. The summed E-state index contributed by atoms with van der Waals surface area (Å²) in [5, 5.41) is 6.69. The number of fused-ring (bicyclic) bond motifs is 5. The molecule has 0 spiro atoms. The Morgan fingerprint density at radius 2 is 1.48 bits per heavy atom. The maximum atomic E-state index is 12.7. The van der Waals surface area contributed by atoms with Crippen molar-refractivity contribution in [1.29, 1.82) is 0 Å². The first-order valence-electron chi connectivity index (χ1n) is 11.9. The SMILES string of the molecule is CN=C(NCCCN1CCCCCC1)NCCCN1C(=O)C2C3C=CC(C3)C2C1=O.I. The number of allylic oxidation sites excluding steroid dienone is 2. The number of nitrogens with zero attached hydrogens (tertiary/aromatic N) is 3. The average Bonchev–Trinajstić information content (AvgIpc) is 3.36. The molecule has 4 rings (SSSR count). The summed E-state index contributed by atoms with van der Waals surface area (Å²) in [7, 11) is 1.78. The molecule has 4 atom stereocenters. The van der Waals surface area contributed by atoms with Crippen molar-refractivity contribution in [3.63, 3.8) is 0 Å². The van der Waals surface area contributed by atoms with E-state index in [1.165, 1.54) is 43.7 Å². The smallest absolute Gasteiger partial charge is 0.233 e. The lowest BCUT2D eigenvalue weighted by Gasteiger charge is -2.20. The van der Waals surface area contributed by atoms with Crippen LogP contribution in [0.5, 0.6) is 0 Å². The van der Waals surface area contributed by atoms with E-state index in [9.17, 15) is 9.59 Å². The van der Waals surface area contributed by atoms with Gasteiger partial charge >= 0.3 is 0 Å². The highest BCUT2D eigenvalue weighted by atomic mass is 127. The molecule has 0 aromatic rings. The third kappa shape index (κ3) is 5.61. The fourth-order valence-corrected chi connectivity index (χ4v) is 5.72. The summed E-state index contributed by atoms with van der Waals surface area (Å²) < 4.78 is 0. The zero-order valence-electron chi connectivity index (χ0n) is 18.7. The molecule has 4 unspecified atom stereocenters. The summed E-state index contributed by atoms with van der Waals surface area (Å²) >= 11 is 0. The number of hydrogen-bond acceptors (Lipinski definition) is 4. The van der Waals surface area contributed by atoms with Crippen LogP contribution in [0.2, 0.25) is 0 Å². The molecule has 2 bridgehead atoms. The first-order chi connectivity index (χ1) is 14.7. The number of carbonyl (C=O) groups excluding carboxylic acids is 2. The lowest BCUT2D eigenvalue weighted by molar-refractivity contribution is -0.140. The Balaban J connectivity index is 0.00000272. The van der Waals surface area contributed by atoms with Gasteiger partial charge in [0.2, 0.25) is 11.8 Å². The summed E-state index contributed by atoms with van der Waals surface area (Å²) in [6.07, 6.45) is 12.5. The van der Waals surface area contributed by atoms with Gasteiger partial charge in [-0.3, -0.25) is 19.5 Å². The molecule has 2 amide bonds. The minimum absolute atomic E-state index is 0. The largest absolute Gasteiger partial charge is 0.356 e. The molecule has 31 heavy (non-hydrogen) atoms. The van der Waals surface area contributed by atoms with Crippen LogP contribution in [0.3, 0.4) is 0 Å². The minimum Gasteiger partial charge on any atom is -0.356 e. The van der Waals surface area contributed by atoms with Crippen molar-refractivity contribution in [3.05, 3.63) is 12.2 Å². The van der Waals surface area contributed by atoms with E-state index in [1.807, 2.05) is 0 Å². The number of nitrogens with one attached hydrogen (secondary N) is 2. The van der Waals surface area contributed by atoms with E-state index in [0.717, 1.165) is 38.3 Å². The van der Waals surface area contributed by atoms with Gasteiger partial charge < -0.3 is 15.5 Å². The van der Waals surface area contributed by atoms with Gasteiger partial charge in [-0.15, -0.1) is 24.0 Å². The van der Waals surface area contributed by atoms with Crippen LogP contribution < -0.4 is 10.6 Å². The molecule has 4 aliphatic rings. The molecule has 2 saturated heterocycles. The first-order valence-corrected chi connectivity index (χ1v) is 11.9. The maximum Gasteiger partial charge on any atom is 0.233 e. The normalized spacial score (nSPS) is 30.4. The first kappa shape index (κ1) is 24.5. The standard InChI is InChI=1S/C23H37N5O2.HI/c1-24-23(25-10-6-14-27-12-4-2-3-5-13-27)26-11-7-15-28-21(29)19-17-8-9-18(16-17)20(19)22(28)30;/h8-9,17-20H,2-7,10-16H2,1H3,(H2,24,25,26);1H. The van der Waals surface area contributed by atoms with Crippen LogP contribution in [-0.4, -0.2) is 73.9 Å². The highest BCUT2D eigenvalue weighted by Crippen LogP contribution is 2.52. The van der Waals surface area contributed by atoms with Gasteiger partial charge in [0.1, 0.15) is 0 Å². The van der Waals surface area contributed by atoms with Crippen molar-refractivity contribution in [3.8, 4) is 0 Å². The van der Waals surface area contributed by atoms with Gasteiger partial charge in [-0.05, 0) is 63.6 Å². The number of carbonyl (C=O) groups is 2. The van der Waals surface area contributed by atoms with E-state index in [-0.39, 0.29) is 59.5 Å². The van der Waals surface area contributed by atoms with Crippen molar-refractivity contribution in [1.82, 2.24) is 20.4 Å². The molecular weight excluding hydrogens is 505 g/mol. The number of rotatable bonds is 8. The molecule has 2 heterocycles. The van der Waals surface area contributed by atoms with Crippen molar-refractivity contribution >= 4 is 41.8 Å². The number of hydrogen-bond donors (Lipinski definition) is 2. The van der Waals surface area contributed by atoms with Gasteiger partial charge in [0.05, 0.1) is 11.8 Å². The van der Waals surface area contributed by atoms with Crippen LogP contribution in [0.4, 0.5) is 0 Å². The Hall–Kier alpha value is -1.16. The predicted octanol–water partition coefficient (Wildman–Crippen LogP) is 2.23. The van der Waals surface area contributed by atoms with E-state index in [1.54, 1.807) is 7.05 Å². The lowest BCUT2D eigenvalue weighted by Crippen LogP contribution is -2.41. The Kier molecular flexibility index (Phi) is 9.18. The molecular formula is C23H38IN5O2. The summed E-state index contributed by atoms with van der Waals surface area (Å²) in [6.45, 7) is 5.72. The van der Waals surface area contributed by atoms with Crippen LogP contribution in [0.1, 0.15) is 44.9 Å². The Labute approximate surface area is 203 Å². The molecule has 0 aromatic heterocycles. The number of likely N-dealkylation sites (tertiary alicyclic amines) is 2. The third-order valence-electron chi connectivity index (χ3n) is 7.28. The second kappa shape index (κ2) is 11.6. The third-order valence-corrected chi connectivity index (χ3v) is 7.28. The van der Waals surface area contributed by atoms with Gasteiger partial charge in [0, 0.05) is 26.7 Å². The quantitative estimate of drug-likeness (QED) is 0.123. The van der Waals surface area contributed by atoms with E-state index in [2.05, 4.69) is 32.7 Å². The minimum atomic E-state index is -0.0842. The molecule has 2 aliphatic heterocycles. The lowest BCUT2D eigenvalue weighted by atomic mass is 9.85. The second-order valence-electron chi connectivity index (χ2n) is 9.22. The van der Waals surface area contributed by atoms with Gasteiger partial charge in [-0.25, -0.2) is 0 Å². The Morgan fingerprint density at radius 1 is 0.935 bits per heavy atom. The molecule has 2 aliphatic carbocycles. The molecule has 1 saturated carbocycles. The predicted molar refractivity (Wildman–Crippen MR) is 133 cm³/mol. The summed E-state index contributed by atoms with van der Waals surface area (Å²) in [4.78, 5) is 33.8. The number of aliphatic imine (C=N–C) groups is 1. The average molecular weight is 543 g/mol. The number of amides is 2. The van der Waals surface area contributed by atoms with Crippen LogP contribution in [0.15, 0.2) is 17.1 Å². The molecule has 2 N–H and O–H groups in total. The van der Waals surface area contributed by atoms with E-state index < -0.39 is 0 Å². The van der Waals surface area contributed by atoms with Crippen LogP contribution in [0.25, 0.3) is 0 Å². The van der Waals surface area contributed by atoms with Gasteiger partial charge in [0.25, 0.3) is 0 Å². The van der Waals surface area contributed by atoms with E-state index >= 15 is 0 Å². The maximum absolute atomic E-state index is 12.7. The van der Waals surface area contributed by atoms with Gasteiger partial charge in [-0.2, -0.15) is 0 Å². The highest BCUT2D eigenvalue weighted by Gasteiger charge is 2.58. The van der Waals surface area contributed by atoms with Crippen LogP contribution in [0, 0.1) is 23.7 Å². The van der Waals surface area contributed by atoms with Crippen LogP contribution in [-0.2, 0) is 9.59 Å². The van der Waals surface area contributed by atoms with Crippen molar-refractivity contribution in [2.24, 2.45) is 28.7 Å². The molecule has 8 heteroatoms. The zero-order chi connectivity index (χ0) is 20.9. The summed E-state index contributed by atoms with van der Waals surface area (Å²) in [6, 6.07) is 0. The topological polar surface area (TPSA) is 77.0 Å². The van der Waals surface area contributed by atoms with Crippen molar-refractivity contribution < 1.29 is 9.59 Å². The second-order valence-corrected chi connectivity index (χ2v) is 9.22. The molecule has 0 radical (unpaired) electrons. The number of halogens is 1. The highest BCUT2D eigenvalue weighted by molar-refractivity contribution is 14.0. The van der Waals surface area contributed by atoms with Gasteiger partial charge in [0.15, 0.2) is 5.96 Å². The Morgan fingerprint density at radius 3 is 2.03 bits per heavy atom. The molecule has 0 aromatic carbocycles. The molecule has 7 nitrogen and oxygen atoms in total. The van der Waals surface area contributed by atoms with E-state index in [0.29, 0.717) is 13.1 Å². The zero-order valence-corrected chi connectivity index (χ0v) is 21.1. The summed E-state index contributed by atoms with van der Waals surface area (Å²) in [5.74, 6) is 1.31. The number of imide groups is 1.